The van der Waals surface area contributed by atoms with Gasteiger partial charge in [-0.3, -0.25) is 14.4 Å². The van der Waals surface area contributed by atoms with Gasteiger partial charge in [0.1, 0.15) is 0 Å². The summed E-state index contributed by atoms with van der Waals surface area (Å²) in [6.07, 6.45) is 0.175. The second kappa shape index (κ2) is 15.1. The SMILES string of the molecule is CC(C)C(=O)c1ccc(NC(=O)C[C@@]2(C)C[C@H](c3cccc(Cl)c3)[C@@H](c3ccc(Cl)cc3)N([C@H](CS(=O)(=O)C(C)C)C(C)C)C2=O)cc1. The van der Waals surface area contributed by atoms with E-state index >= 15 is 0 Å². The molecule has 0 radical (unpaired) electrons. The molecule has 1 fully saturated rings. The molecule has 0 saturated carbocycles. The molecule has 258 valence electrons. The van der Waals surface area contributed by atoms with E-state index in [9.17, 15) is 22.8 Å². The van der Waals surface area contributed by atoms with E-state index in [2.05, 4.69) is 5.32 Å². The minimum absolute atomic E-state index is 0.00904. The van der Waals surface area contributed by atoms with E-state index < -0.39 is 32.6 Å². The summed E-state index contributed by atoms with van der Waals surface area (Å²) in [4.78, 5) is 42.8. The van der Waals surface area contributed by atoms with Crippen LogP contribution >= 0.6 is 23.2 Å². The highest BCUT2D eigenvalue weighted by Crippen LogP contribution is 2.52. The van der Waals surface area contributed by atoms with Gasteiger partial charge in [-0.15, -0.1) is 0 Å². The molecule has 0 aromatic heterocycles. The number of anilines is 1. The first-order valence-electron chi connectivity index (χ1n) is 16.4. The summed E-state index contributed by atoms with van der Waals surface area (Å²) in [6.45, 7) is 12.6. The lowest BCUT2D eigenvalue weighted by molar-refractivity contribution is -0.157. The molecule has 0 spiro atoms. The maximum atomic E-state index is 15.0. The van der Waals surface area contributed by atoms with Crippen molar-refractivity contribution < 1.29 is 22.8 Å². The minimum Gasteiger partial charge on any atom is -0.330 e. The Labute approximate surface area is 295 Å². The number of sulfone groups is 1. The van der Waals surface area contributed by atoms with Crippen molar-refractivity contribution >= 4 is 56.3 Å². The molecule has 0 aliphatic carbocycles. The monoisotopic (exact) mass is 712 g/mol. The standard InChI is InChI=1S/C38H46Cl2N2O5S/c1-23(2)33(22-48(46,47)25(5)6)42-35(26-11-15-29(39)16-12-26)32(28-9-8-10-30(40)19-28)20-38(7,37(42)45)21-34(43)41-31-17-13-27(14-18-31)36(44)24(3)4/h8-19,23-25,32-33,35H,20-22H2,1-7H3,(H,41,43)/t32-,33-,35-,38-/m1/s1. The number of Topliss-reactive ketones (excluding diaryl/α,β-unsaturated/α-hetero) is 1. The lowest BCUT2D eigenvalue weighted by Gasteiger charge is -2.53. The first-order chi connectivity index (χ1) is 22.4. The Morgan fingerprint density at radius 3 is 2.06 bits per heavy atom. The van der Waals surface area contributed by atoms with Crippen molar-refractivity contribution in [3.63, 3.8) is 0 Å². The number of ketones is 1. The van der Waals surface area contributed by atoms with Crippen LogP contribution in [0.2, 0.25) is 10.0 Å². The number of carbonyl (C=O) groups is 3. The van der Waals surface area contributed by atoms with Crippen molar-refractivity contribution in [3.05, 3.63) is 99.5 Å². The molecule has 7 nitrogen and oxygen atoms in total. The zero-order valence-electron chi connectivity index (χ0n) is 28.7. The van der Waals surface area contributed by atoms with Crippen molar-refractivity contribution in [2.24, 2.45) is 17.3 Å². The van der Waals surface area contributed by atoms with E-state index in [1.807, 2.05) is 58.0 Å². The fourth-order valence-electron chi connectivity index (χ4n) is 6.55. The van der Waals surface area contributed by atoms with E-state index in [0.29, 0.717) is 27.7 Å². The molecule has 4 rings (SSSR count). The first kappa shape index (κ1) is 37.6. The fourth-order valence-corrected chi connectivity index (χ4v) is 8.28. The van der Waals surface area contributed by atoms with Gasteiger partial charge in [-0.1, -0.05) is 82.1 Å². The van der Waals surface area contributed by atoms with Gasteiger partial charge >= 0.3 is 0 Å². The summed E-state index contributed by atoms with van der Waals surface area (Å²) in [6, 6.07) is 20.3. The summed E-state index contributed by atoms with van der Waals surface area (Å²) in [5, 5.41) is 3.36. The largest absolute Gasteiger partial charge is 0.330 e. The Morgan fingerprint density at radius 1 is 0.896 bits per heavy atom. The molecule has 1 aliphatic heterocycles. The number of nitrogens with zero attached hydrogens (tertiary/aromatic N) is 1. The second-order valence-electron chi connectivity index (χ2n) is 14.1. The molecule has 4 atom stereocenters. The number of rotatable bonds is 12. The number of carbonyl (C=O) groups excluding carboxylic acids is 3. The van der Waals surface area contributed by atoms with Gasteiger partial charge in [0.2, 0.25) is 11.8 Å². The maximum absolute atomic E-state index is 15.0. The van der Waals surface area contributed by atoms with E-state index in [-0.39, 0.29) is 47.5 Å². The highest BCUT2D eigenvalue weighted by molar-refractivity contribution is 7.92. The topological polar surface area (TPSA) is 101 Å². The number of benzene rings is 3. The predicted molar refractivity (Wildman–Crippen MR) is 194 cm³/mol. The van der Waals surface area contributed by atoms with Gasteiger partial charge in [0.05, 0.1) is 22.5 Å². The normalized spacial score (nSPS) is 20.8. The van der Waals surface area contributed by atoms with Gasteiger partial charge in [0.15, 0.2) is 15.6 Å². The first-order valence-corrected chi connectivity index (χ1v) is 18.9. The van der Waals surface area contributed by atoms with Crippen LogP contribution < -0.4 is 5.32 Å². The highest BCUT2D eigenvalue weighted by atomic mass is 35.5. The number of hydrogen-bond donors (Lipinski definition) is 1. The summed E-state index contributed by atoms with van der Waals surface area (Å²) in [7, 11) is -3.57. The van der Waals surface area contributed by atoms with E-state index in [0.717, 1.165) is 11.1 Å². The zero-order valence-corrected chi connectivity index (χ0v) is 31.0. The van der Waals surface area contributed by atoms with Crippen LogP contribution in [0.3, 0.4) is 0 Å². The van der Waals surface area contributed by atoms with Crippen molar-refractivity contribution in [2.45, 2.75) is 84.6 Å². The quantitative estimate of drug-likeness (QED) is 0.189. The molecule has 10 heteroatoms. The second-order valence-corrected chi connectivity index (χ2v) is 17.6. The Hall–Kier alpha value is -3.20. The van der Waals surface area contributed by atoms with Crippen LogP contribution in [0.15, 0.2) is 72.8 Å². The van der Waals surface area contributed by atoms with Crippen LogP contribution in [0.25, 0.3) is 0 Å². The molecule has 48 heavy (non-hydrogen) atoms. The van der Waals surface area contributed by atoms with E-state index in [1.165, 1.54) is 0 Å². The summed E-state index contributed by atoms with van der Waals surface area (Å²) in [5.74, 6) is -1.56. The van der Waals surface area contributed by atoms with Gasteiger partial charge in [-0.05, 0) is 85.8 Å². The van der Waals surface area contributed by atoms with Crippen LogP contribution in [0.4, 0.5) is 5.69 Å². The number of nitrogens with one attached hydrogen (secondary N) is 1. The highest BCUT2D eigenvalue weighted by Gasteiger charge is 2.53. The van der Waals surface area contributed by atoms with Gasteiger partial charge in [0.25, 0.3) is 0 Å². The van der Waals surface area contributed by atoms with Crippen molar-refractivity contribution in [2.75, 3.05) is 11.1 Å². The molecule has 1 N–H and O–H groups in total. The number of halogens is 2. The number of likely N-dealkylation sites (tertiary alicyclic amines) is 1. The Balaban J connectivity index is 1.81. The Bertz CT molecular complexity index is 1740. The van der Waals surface area contributed by atoms with Crippen LogP contribution in [0.1, 0.15) is 94.8 Å². The van der Waals surface area contributed by atoms with Gasteiger partial charge in [-0.25, -0.2) is 8.42 Å². The molecule has 0 unspecified atom stereocenters. The predicted octanol–water partition coefficient (Wildman–Crippen LogP) is 8.77. The third-order valence-electron chi connectivity index (χ3n) is 9.37. The average molecular weight is 714 g/mol. The molecular formula is C38H46Cl2N2O5S. The third kappa shape index (κ3) is 8.50. The smallest absolute Gasteiger partial charge is 0.229 e. The van der Waals surface area contributed by atoms with Gasteiger partial charge in [-0.2, -0.15) is 0 Å². The van der Waals surface area contributed by atoms with E-state index in [4.69, 9.17) is 23.2 Å². The molecule has 1 heterocycles. The number of amides is 2. The molecule has 2 amide bonds. The fraction of sp³-hybridized carbons (Fsp3) is 0.447. The lowest BCUT2D eigenvalue weighted by atomic mass is 9.66. The summed E-state index contributed by atoms with van der Waals surface area (Å²) in [5.41, 5.74) is 1.57. The van der Waals surface area contributed by atoms with Crippen molar-refractivity contribution in [1.29, 1.82) is 0 Å². The molecule has 1 aliphatic rings. The van der Waals surface area contributed by atoms with Gasteiger partial charge in [0, 0.05) is 45.6 Å². The van der Waals surface area contributed by atoms with Gasteiger partial charge < -0.3 is 10.2 Å². The minimum atomic E-state index is -3.57. The molecule has 0 bridgehead atoms. The van der Waals surface area contributed by atoms with Crippen LogP contribution in [0, 0.1) is 17.3 Å². The average Bonchev–Trinajstić information content (AvgIpc) is 3.01. The van der Waals surface area contributed by atoms with Crippen LogP contribution in [-0.4, -0.2) is 48.0 Å². The Morgan fingerprint density at radius 2 is 1.52 bits per heavy atom. The molecule has 1 saturated heterocycles. The Kier molecular flexibility index (Phi) is 11.9. The van der Waals surface area contributed by atoms with E-state index in [1.54, 1.807) is 68.1 Å². The third-order valence-corrected chi connectivity index (χ3v) is 12.1. The maximum Gasteiger partial charge on any atom is 0.229 e. The van der Waals surface area contributed by atoms with Crippen LogP contribution in [-0.2, 0) is 19.4 Å². The molecule has 3 aromatic rings. The number of hydrogen-bond acceptors (Lipinski definition) is 5. The number of piperidine rings is 1. The lowest BCUT2D eigenvalue weighted by Crippen LogP contribution is -2.59. The summed E-state index contributed by atoms with van der Waals surface area (Å²) >= 11 is 12.8. The molecule has 3 aromatic carbocycles. The summed E-state index contributed by atoms with van der Waals surface area (Å²) < 4.78 is 26.9. The van der Waals surface area contributed by atoms with Crippen LogP contribution in [0.5, 0.6) is 0 Å². The molecular weight excluding hydrogens is 667 g/mol. The van der Waals surface area contributed by atoms with Crippen molar-refractivity contribution in [3.8, 4) is 0 Å². The zero-order chi connectivity index (χ0) is 35.6. The van der Waals surface area contributed by atoms with Crippen molar-refractivity contribution in [1.82, 2.24) is 4.90 Å².